The van der Waals surface area contributed by atoms with Crippen molar-refractivity contribution < 1.29 is 24.6 Å². The van der Waals surface area contributed by atoms with E-state index in [9.17, 15) is 24.6 Å². The maximum atomic E-state index is 13.0. The molecule has 1 aliphatic rings. The molecule has 0 saturated carbocycles. The van der Waals surface area contributed by atoms with E-state index in [0.717, 1.165) is 18.4 Å². The van der Waals surface area contributed by atoms with Crippen LogP contribution in [-0.2, 0) is 14.4 Å². The van der Waals surface area contributed by atoms with Crippen molar-refractivity contribution in [2.45, 2.75) is 56.5 Å². The Morgan fingerprint density at radius 2 is 1.86 bits per heavy atom. The Morgan fingerprint density at radius 3 is 2.48 bits per heavy atom. The second-order valence-corrected chi connectivity index (χ2v) is 7.41. The number of nitrogens with one attached hydrogen (secondary N) is 1. The minimum atomic E-state index is -0.980. The van der Waals surface area contributed by atoms with Crippen LogP contribution in [0.1, 0.15) is 50.0 Å². The number of carbonyl (C=O) groups is 3. The molecular weight excluding hydrogens is 374 g/mol. The number of aliphatic carboxylic acids is 2. The van der Waals surface area contributed by atoms with Gasteiger partial charge in [-0.3, -0.25) is 9.59 Å². The van der Waals surface area contributed by atoms with E-state index < -0.39 is 29.9 Å². The molecule has 0 aliphatic carbocycles. The number of carboxylic acids is 2. The van der Waals surface area contributed by atoms with Gasteiger partial charge in [0.25, 0.3) is 0 Å². The molecule has 0 bridgehead atoms. The smallest absolute Gasteiger partial charge is 0.326 e. The number of amides is 1. The van der Waals surface area contributed by atoms with E-state index in [1.54, 1.807) is 24.3 Å². The summed E-state index contributed by atoms with van der Waals surface area (Å²) < 4.78 is 0. The lowest BCUT2D eigenvalue weighted by molar-refractivity contribution is -0.149. The molecule has 0 radical (unpaired) electrons. The van der Waals surface area contributed by atoms with Gasteiger partial charge in [0, 0.05) is 6.54 Å². The fourth-order valence-corrected chi connectivity index (χ4v) is 3.81. The highest BCUT2D eigenvalue weighted by Gasteiger charge is 2.36. The molecule has 0 spiro atoms. The van der Waals surface area contributed by atoms with Crippen LogP contribution in [0.15, 0.2) is 30.3 Å². The van der Waals surface area contributed by atoms with Crippen molar-refractivity contribution in [3.63, 3.8) is 0 Å². The number of rotatable bonds is 12. The Morgan fingerprint density at radius 1 is 1.14 bits per heavy atom. The zero-order valence-electron chi connectivity index (χ0n) is 16.6. The predicted octanol–water partition coefficient (Wildman–Crippen LogP) is 1.41. The minimum absolute atomic E-state index is 0.224. The van der Waals surface area contributed by atoms with Gasteiger partial charge in [-0.05, 0) is 50.8 Å². The second kappa shape index (κ2) is 11.5. The summed E-state index contributed by atoms with van der Waals surface area (Å²) in [4.78, 5) is 37.5. The summed E-state index contributed by atoms with van der Waals surface area (Å²) in [6.07, 6.45) is 3.53. The third-order valence-electron chi connectivity index (χ3n) is 5.39. The second-order valence-electron chi connectivity index (χ2n) is 7.41. The molecule has 8 nitrogen and oxygen atoms in total. The summed E-state index contributed by atoms with van der Waals surface area (Å²) >= 11 is 0. The van der Waals surface area contributed by atoms with Crippen molar-refractivity contribution in [3.05, 3.63) is 35.9 Å². The third kappa shape index (κ3) is 6.54. The van der Waals surface area contributed by atoms with Crippen LogP contribution in [0.5, 0.6) is 0 Å². The van der Waals surface area contributed by atoms with Crippen LogP contribution in [0.4, 0.5) is 0 Å². The summed E-state index contributed by atoms with van der Waals surface area (Å²) in [5.74, 6) is -2.78. The first-order chi connectivity index (χ1) is 14.0. The number of nitrogens with two attached hydrogens (primary N) is 1. The van der Waals surface area contributed by atoms with Crippen molar-refractivity contribution in [1.29, 1.82) is 0 Å². The van der Waals surface area contributed by atoms with Gasteiger partial charge in [-0.2, -0.15) is 0 Å². The largest absolute Gasteiger partial charge is 0.481 e. The monoisotopic (exact) mass is 405 g/mol. The van der Waals surface area contributed by atoms with Gasteiger partial charge in [-0.15, -0.1) is 0 Å². The van der Waals surface area contributed by atoms with Crippen LogP contribution in [0.25, 0.3) is 0 Å². The van der Waals surface area contributed by atoms with Crippen molar-refractivity contribution in [1.82, 2.24) is 10.2 Å². The Hall–Kier alpha value is -2.45. The van der Waals surface area contributed by atoms with Crippen molar-refractivity contribution in [3.8, 4) is 0 Å². The van der Waals surface area contributed by atoms with Crippen LogP contribution >= 0.6 is 0 Å². The molecule has 5 N–H and O–H groups in total. The van der Waals surface area contributed by atoms with Crippen LogP contribution in [-0.4, -0.2) is 64.7 Å². The first-order valence-electron chi connectivity index (χ1n) is 10.2. The van der Waals surface area contributed by atoms with E-state index in [2.05, 4.69) is 5.32 Å². The van der Waals surface area contributed by atoms with E-state index >= 15 is 0 Å². The van der Waals surface area contributed by atoms with Gasteiger partial charge in [-0.1, -0.05) is 36.8 Å². The lowest BCUT2D eigenvalue weighted by atomic mass is 9.95. The van der Waals surface area contributed by atoms with E-state index in [1.807, 2.05) is 6.07 Å². The highest BCUT2D eigenvalue weighted by Crippen LogP contribution is 2.21. The molecule has 3 atom stereocenters. The molecular formula is C21H31N3O5. The number of nitrogens with zero attached hydrogens (tertiary/aromatic N) is 1. The van der Waals surface area contributed by atoms with E-state index in [1.165, 1.54) is 4.90 Å². The van der Waals surface area contributed by atoms with Gasteiger partial charge in [0.05, 0.1) is 12.0 Å². The first kappa shape index (κ1) is 22.8. The molecule has 29 heavy (non-hydrogen) atoms. The van der Waals surface area contributed by atoms with Crippen molar-refractivity contribution in [2.24, 2.45) is 5.73 Å². The summed E-state index contributed by atoms with van der Waals surface area (Å²) in [7, 11) is 0. The van der Waals surface area contributed by atoms with E-state index in [-0.39, 0.29) is 5.91 Å². The van der Waals surface area contributed by atoms with Crippen molar-refractivity contribution >= 4 is 17.8 Å². The Bertz CT molecular complexity index is 682. The van der Waals surface area contributed by atoms with Crippen molar-refractivity contribution in [2.75, 3.05) is 19.6 Å². The number of likely N-dealkylation sites (tertiary alicyclic amines) is 1. The third-order valence-corrected chi connectivity index (χ3v) is 5.39. The minimum Gasteiger partial charge on any atom is -0.481 e. The van der Waals surface area contributed by atoms with E-state index in [4.69, 9.17) is 5.73 Å². The number of hydrogen-bond acceptors (Lipinski definition) is 5. The molecule has 160 valence electrons. The molecule has 0 aromatic heterocycles. The SMILES string of the molecule is NCCCCC(NCCC(C(=O)O)c1ccccc1)C(=O)N1CCCC1C(=O)O. The zero-order valence-corrected chi connectivity index (χ0v) is 16.6. The summed E-state index contributed by atoms with van der Waals surface area (Å²) in [6, 6.07) is 7.69. The number of unbranched alkanes of at least 4 members (excludes halogenated alkanes) is 1. The highest BCUT2D eigenvalue weighted by atomic mass is 16.4. The molecule has 1 aliphatic heterocycles. The van der Waals surface area contributed by atoms with E-state index in [0.29, 0.717) is 45.3 Å². The first-order valence-corrected chi connectivity index (χ1v) is 10.2. The summed E-state index contributed by atoms with van der Waals surface area (Å²) in [5, 5.41) is 22.1. The van der Waals surface area contributed by atoms with Gasteiger partial charge in [0.2, 0.25) is 5.91 Å². The number of hydrogen-bond donors (Lipinski definition) is 4. The Kier molecular flexibility index (Phi) is 9.08. The lowest BCUT2D eigenvalue weighted by Gasteiger charge is -2.28. The number of benzene rings is 1. The molecule has 1 aromatic carbocycles. The Balaban J connectivity index is 2.01. The molecule has 1 heterocycles. The van der Waals surface area contributed by atoms with Crippen LogP contribution < -0.4 is 11.1 Å². The average molecular weight is 405 g/mol. The molecule has 1 aromatic rings. The average Bonchev–Trinajstić information content (AvgIpc) is 3.20. The molecule has 1 saturated heterocycles. The van der Waals surface area contributed by atoms with Gasteiger partial charge in [-0.25, -0.2) is 4.79 Å². The fraction of sp³-hybridized carbons (Fsp3) is 0.571. The van der Waals surface area contributed by atoms with Crippen LogP contribution in [0.2, 0.25) is 0 Å². The van der Waals surface area contributed by atoms with Gasteiger partial charge >= 0.3 is 11.9 Å². The molecule has 1 fully saturated rings. The normalized spacial score (nSPS) is 18.4. The maximum absolute atomic E-state index is 13.0. The number of carbonyl (C=O) groups excluding carboxylic acids is 1. The highest BCUT2D eigenvalue weighted by molar-refractivity contribution is 5.87. The Labute approximate surface area is 171 Å². The summed E-state index contributed by atoms with van der Waals surface area (Å²) in [5.41, 5.74) is 6.27. The topological polar surface area (TPSA) is 133 Å². The maximum Gasteiger partial charge on any atom is 0.326 e. The lowest BCUT2D eigenvalue weighted by Crippen LogP contribution is -2.50. The summed E-state index contributed by atoms with van der Waals surface area (Å²) in [6.45, 7) is 1.31. The van der Waals surface area contributed by atoms with Gasteiger partial charge < -0.3 is 26.2 Å². The van der Waals surface area contributed by atoms with Crippen LogP contribution in [0, 0.1) is 0 Å². The van der Waals surface area contributed by atoms with Gasteiger partial charge in [0.15, 0.2) is 0 Å². The fourth-order valence-electron chi connectivity index (χ4n) is 3.81. The molecule has 2 rings (SSSR count). The quantitative estimate of drug-likeness (QED) is 0.386. The molecule has 8 heteroatoms. The van der Waals surface area contributed by atoms with Crippen LogP contribution in [0.3, 0.4) is 0 Å². The van der Waals surface area contributed by atoms with Gasteiger partial charge in [0.1, 0.15) is 6.04 Å². The molecule has 3 unspecified atom stereocenters. The number of carboxylic acid groups (broad SMARTS) is 2. The molecule has 1 amide bonds. The standard InChI is InChI=1S/C21H31N3O5/c22-12-5-4-9-17(19(25)24-14-6-10-18(24)21(28)29)23-13-11-16(20(26)27)15-7-2-1-3-8-15/h1-3,7-8,16-18,23H,4-6,9-14,22H2,(H,26,27)(H,28,29). The zero-order chi connectivity index (χ0) is 21.2. The predicted molar refractivity (Wildman–Crippen MR) is 109 cm³/mol.